The zero-order valence-corrected chi connectivity index (χ0v) is 17.3. The molecule has 0 aliphatic rings. The van der Waals surface area contributed by atoms with Crippen LogP contribution in [0, 0.1) is 0 Å². The summed E-state index contributed by atoms with van der Waals surface area (Å²) < 4.78 is 91.8. The number of aromatic nitrogens is 2. The maximum atomic E-state index is 13.4. The first kappa shape index (κ1) is 24.0. The van der Waals surface area contributed by atoms with Crippen LogP contribution in [0.3, 0.4) is 0 Å². The van der Waals surface area contributed by atoms with E-state index in [9.17, 15) is 35.2 Å². The van der Waals surface area contributed by atoms with Crippen molar-refractivity contribution in [3.8, 4) is 0 Å². The molecule has 0 spiro atoms. The molecule has 0 radical (unpaired) electrons. The van der Waals surface area contributed by atoms with Gasteiger partial charge in [0.2, 0.25) is 10.0 Å². The number of nitrogens with one attached hydrogen (secondary N) is 2. The highest BCUT2D eigenvalue weighted by molar-refractivity contribution is 7.89. The molecular formula is C16H16ClF5N4O3S. The average Bonchev–Trinajstić information content (AvgIpc) is 2.88. The highest BCUT2D eigenvalue weighted by atomic mass is 35.5. The highest BCUT2D eigenvalue weighted by Gasteiger charge is 2.40. The van der Waals surface area contributed by atoms with E-state index in [2.05, 4.69) is 10.3 Å². The Bertz CT molecular complexity index is 1060. The number of aryl methyl sites for hydroxylation is 1. The van der Waals surface area contributed by atoms with Crippen LogP contribution in [0.1, 0.15) is 30.0 Å². The number of carbonyl (C=O) groups excluding carboxylic acids is 1. The van der Waals surface area contributed by atoms with Crippen LogP contribution in [0.5, 0.6) is 0 Å². The summed E-state index contributed by atoms with van der Waals surface area (Å²) in [5.74, 6) is -4.24. The van der Waals surface area contributed by atoms with E-state index in [0.717, 1.165) is 23.0 Å². The molecule has 2 aromatic rings. The number of alkyl halides is 5. The fraction of sp³-hybridized carbons (Fsp3) is 0.375. The predicted octanol–water partition coefficient (Wildman–Crippen LogP) is 3.67. The van der Waals surface area contributed by atoms with Gasteiger partial charge >= 0.3 is 6.18 Å². The van der Waals surface area contributed by atoms with E-state index >= 15 is 0 Å². The van der Waals surface area contributed by atoms with Crippen molar-refractivity contribution in [2.45, 2.75) is 36.9 Å². The molecule has 0 aromatic carbocycles. The summed E-state index contributed by atoms with van der Waals surface area (Å²) in [6.45, 7) is 1.22. The lowest BCUT2D eigenvalue weighted by Crippen LogP contribution is -2.42. The van der Waals surface area contributed by atoms with Crippen molar-refractivity contribution in [2.75, 3.05) is 5.32 Å². The first-order chi connectivity index (χ1) is 13.5. The number of hydrogen-bond donors (Lipinski definition) is 2. The van der Waals surface area contributed by atoms with Crippen LogP contribution in [-0.4, -0.2) is 36.1 Å². The number of amides is 1. The quantitative estimate of drug-likeness (QED) is 0.625. The van der Waals surface area contributed by atoms with Crippen LogP contribution >= 0.6 is 11.6 Å². The molecule has 1 atom stereocenters. The minimum atomic E-state index is -4.84. The smallest absolute Gasteiger partial charge is 0.344 e. The number of halogens is 6. The summed E-state index contributed by atoms with van der Waals surface area (Å²) in [6.07, 6.45) is -2.94. The monoisotopic (exact) mass is 474 g/mol. The second-order valence-corrected chi connectivity index (χ2v) is 8.48. The molecule has 2 aromatic heterocycles. The summed E-state index contributed by atoms with van der Waals surface area (Å²) in [5, 5.41) is 1.64. The number of pyridine rings is 1. The molecule has 0 unspecified atom stereocenters. The van der Waals surface area contributed by atoms with Crippen molar-refractivity contribution in [3.63, 3.8) is 0 Å². The molecule has 166 valence electrons. The minimum Gasteiger partial charge on any atom is -0.344 e. The standard InChI is InChI=1S/C16H16ClF5N4O3S/c1-8(16(20,21)22)25-30(28,29)10-7-26(3)13(12(10)17)14(27)24-9-4-5-23-11(6-9)15(2,18)19/h4-8,25H,1-3H3,(H,23,24,27)/t8-/m1/s1. The Labute approximate surface area is 173 Å². The molecule has 0 bridgehead atoms. The van der Waals surface area contributed by atoms with E-state index in [1.165, 1.54) is 17.8 Å². The van der Waals surface area contributed by atoms with Gasteiger partial charge in [-0.25, -0.2) is 8.42 Å². The van der Waals surface area contributed by atoms with Gasteiger partial charge in [-0.3, -0.25) is 9.78 Å². The van der Waals surface area contributed by atoms with Crippen LogP contribution < -0.4 is 10.0 Å². The number of rotatable bonds is 6. The molecule has 0 aliphatic heterocycles. The minimum absolute atomic E-state index is 0.0722. The van der Waals surface area contributed by atoms with Gasteiger partial charge in [-0.15, -0.1) is 0 Å². The van der Waals surface area contributed by atoms with Gasteiger partial charge in [-0.1, -0.05) is 11.6 Å². The Kier molecular flexibility index (Phi) is 6.50. The maximum absolute atomic E-state index is 13.4. The second-order valence-electron chi connectivity index (χ2n) is 6.42. The molecule has 0 saturated heterocycles. The zero-order chi connectivity index (χ0) is 23.1. The summed E-state index contributed by atoms with van der Waals surface area (Å²) in [6, 6.07) is -0.269. The van der Waals surface area contributed by atoms with Crippen molar-refractivity contribution in [3.05, 3.63) is 40.9 Å². The summed E-state index contributed by atoms with van der Waals surface area (Å²) in [7, 11) is -3.48. The van der Waals surface area contributed by atoms with E-state index in [-0.39, 0.29) is 5.69 Å². The summed E-state index contributed by atoms with van der Waals surface area (Å²) in [4.78, 5) is 15.3. The Morgan fingerprint density at radius 1 is 1.27 bits per heavy atom. The van der Waals surface area contributed by atoms with Crippen molar-refractivity contribution >= 4 is 33.2 Å². The van der Waals surface area contributed by atoms with Crippen molar-refractivity contribution in [1.82, 2.24) is 14.3 Å². The van der Waals surface area contributed by atoms with Crippen LogP contribution in [-0.2, 0) is 23.0 Å². The van der Waals surface area contributed by atoms with Gasteiger partial charge in [0.15, 0.2) is 0 Å². The lowest BCUT2D eigenvalue weighted by atomic mass is 10.2. The van der Waals surface area contributed by atoms with E-state index < -0.39 is 55.4 Å². The summed E-state index contributed by atoms with van der Waals surface area (Å²) >= 11 is 5.96. The number of nitrogens with zero attached hydrogens (tertiary/aromatic N) is 2. The molecule has 7 nitrogen and oxygen atoms in total. The fourth-order valence-corrected chi connectivity index (χ4v) is 4.25. The van der Waals surface area contributed by atoms with E-state index in [1.54, 1.807) is 0 Å². The number of sulfonamides is 1. The van der Waals surface area contributed by atoms with Gasteiger partial charge in [0.25, 0.3) is 11.8 Å². The van der Waals surface area contributed by atoms with Crippen molar-refractivity contribution in [1.29, 1.82) is 0 Å². The molecule has 14 heteroatoms. The lowest BCUT2D eigenvalue weighted by molar-refractivity contribution is -0.147. The molecule has 30 heavy (non-hydrogen) atoms. The lowest BCUT2D eigenvalue weighted by Gasteiger charge is -2.16. The molecule has 1 amide bonds. The largest absolute Gasteiger partial charge is 0.404 e. The summed E-state index contributed by atoms with van der Waals surface area (Å²) in [5.41, 5.74) is -1.10. The van der Waals surface area contributed by atoms with E-state index in [1.807, 2.05) is 0 Å². The van der Waals surface area contributed by atoms with Crippen LogP contribution in [0.2, 0.25) is 5.02 Å². The Morgan fingerprint density at radius 2 is 1.87 bits per heavy atom. The molecule has 2 rings (SSSR count). The van der Waals surface area contributed by atoms with Gasteiger partial charge in [0.1, 0.15) is 22.3 Å². The molecule has 0 fully saturated rings. The van der Waals surface area contributed by atoms with E-state index in [4.69, 9.17) is 11.6 Å². The van der Waals surface area contributed by atoms with Gasteiger partial charge in [-0.05, 0) is 19.1 Å². The molecule has 0 aliphatic carbocycles. The normalized spacial score (nSPS) is 13.9. The van der Waals surface area contributed by atoms with Crippen LogP contribution in [0.15, 0.2) is 29.4 Å². The molecule has 0 saturated carbocycles. The zero-order valence-electron chi connectivity index (χ0n) is 15.7. The average molecular weight is 475 g/mol. The third kappa shape index (κ3) is 5.26. The fourth-order valence-electron chi connectivity index (χ4n) is 2.32. The topological polar surface area (TPSA) is 93.1 Å². The molecule has 2 heterocycles. The van der Waals surface area contributed by atoms with E-state index in [0.29, 0.717) is 13.8 Å². The number of anilines is 1. The first-order valence-electron chi connectivity index (χ1n) is 8.13. The van der Waals surface area contributed by atoms with Gasteiger partial charge in [0.05, 0.1) is 5.02 Å². The predicted molar refractivity (Wildman–Crippen MR) is 98.0 cm³/mol. The maximum Gasteiger partial charge on any atom is 0.404 e. The second kappa shape index (κ2) is 8.12. The van der Waals surface area contributed by atoms with Gasteiger partial charge in [0, 0.05) is 32.1 Å². The SMILES string of the molecule is C[C@@H](NS(=O)(=O)c1cn(C)c(C(=O)Nc2ccnc(C(C)(F)F)c2)c1Cl)C(F)(F)F. The van der Waals surface area contributed by atoms with Gasteiger partial charge in [-0.2, -0.15) is 26.7 Å². The third-order valence-electron chi connectivity index (χ3n) is 3.88. The molecule has 2 N–H and O–H groups in total. The Hall–Kier alpha value is -2.25. The van der Waals surface area contributed by atoms with Gasteiger partial charge < -0.3 is 9.88 Å². The molecular weight excluding hydrogens is 459 g/mol. The third-order valence-corrected chi connectivity index (χ3v) is 5.93. The Morgan fingerprint density at radius 3 is 2.40 bits per heavy atom. The Balaban J connectivity index is 2.35. The highest BCUT2D eigenvalue weighted by Crippen LogP contribution is 2.30. The van der Waals surface area contributed by atoms with Crippen molar-refractivity contribution in [2.24, 2.45) is 7.05 Å². The van der Waals surface area contributed by atoms with Crippen molar-refractivity contribution < 1.29 is 35.2 Å². The number of carbonyl (C=O) groups is 1. The van der Waals surface area contributed by atoms with Crippen LogP contribution in [0.4, 0.5) is 27.6 Å². The first-order valence-corrected chi connectivity index (χ1v) is 9.99. The number of hydrogen-bond acceptors (Lipinski definition) is 4. The van der Waals surface area contributed by atoms with Crippen LogP contribution in [0.25, 0.3) is 0 Å².